The Morgan fingerprint density at radius 2 is 2.14 bits per heavy atom. The zero-order chi connectivity index (χ0) is 15.5. The summed E-state index contributed by atoms with van der Waals surface area (Å²) in [6, 6.07) is 10.1. The van der Waals surface area contributed by atoms with E-state index in [1.165, 1.54) is 4.88 Å². The maximum Gasteiger partial charge on any atom is 0.189 e. The Morgan fingerprint density at radius 1 is 1.27 bits per heavy atom. The lowest BCUT2D eigenvalue weighted by Crippen LogP contribution is -2.39. The first kappa shape index (κ1) is 14.7. The highest BCUT2D eigenvalue weighted by Gasteiger charge is 2.27. The number of rotatable bonds is 4. The van der Waals surface area contributed by atoms with Gasteiger partial charge >= 0.3 is 0 Å². The van der Waals surface area contributed by atoms with Crippen molar-refractivity contribution in [3.05, 3.63) is 46.2 Å². The second-order valence-electron chi connectivity index (χ2n) is 5.09. The minimum atomic E-state index is -0.0331. The molecule has 5 nitrogen and oxygen atoms in total. The van der Waals surface area contributed by atoms with Crippen LogP contribution in [0, 0.1) is 0 Å². The van der Waals surface area contributed by atoms with Crippen molar-refractivity contribution < 1.29 is 9.47 Å². The van der Waals surface area contributed by atoms with E-state index in [0.717, 1.165) is 23.5 Å². The molecule has 2 atom stereocenters. The molecule has 2 unspecified atom stereocenters. The molecule has 3 N–H and O–H groups in total. The molecule has 2 aromatic rings. The topological polar surface area (TPSA) is 68.9 Å². The van der Waals surface area contributed by atoms with Gasteiger partial charge in [0.15, 0.2) is 5.96 Å². The van der Waals surface area contributed by atoms with Gasteiger partial charge in [-0.25, -0.2) is 4.99 Å². The number of guanidine groups is 1. The third-order valence-electron chi connectivity index (χ3n) is 3.76. The normalized spacial score (nSPS) is 20.9. The van der Waals surface area contributed by atoms with E-state index in [-0.39, 0.29) is 12.1 Å². The fourth-order valence-corrected chi connectivity index (χ4v) is 3.48. The van der Waals surface area contributed by atoms with Gasteiger partial charge in [-0.1, -0.05) is 6.07 Å². The number of thiophene rings is 1. The molecule has 1 aliphatic rings. The Bertz CT molecular complexity index is 670. The van der Waals surface area contributed by atoms with E-state index in [1.54, 1.807) is 25.6 Å². The standard InChI is InChI=1S/C16H19N3O2S/c1-20-10-5-6-11(14(8-10)21-2)12-9-13(19-16(17)18-12)15-4-3-7-22-15/h3-8,12-13H,9H2,1-2H3,(H3,17,18,19). The molecular weight excluding hydrogens is 298 g/mol. The van der Waals surface area contributed by atoms with Crippen molar-refractivity contribution in [3.8, 4) is 11.5 Å². The van der Waals surface area contributed by atoms with Crippen molar-refractivity contribution >= 4 is 17.3 Å². The smallest absolute Gasteiger partial charge is 0.189 e. The van der Waals surface area contributed by atoms with Crippen molar-refractivity contribution in [2.45, 2.75) is 18.5 Å². The van der Waals surface area contributed by atoms with E-state index in [4.69, 9.17) is 15.2 Å². The minimum absolute atomic E-state index is 0.0331. The highest BCUT2D eigenvalue weighted by atomic mass is 32.1. The van der Waals surface area contributed by atoms with Gasteiger partial charge in [0.25, 0.3) is 0 Å². The number of nitrogens with zero attached hydrogens (tertiary/aromatic N) is 1. The van der Waals surface area contributed by atoms with Crippen LogP contribution in [-0.4, -0.2) is 20.2 Å². The largest absolute Gasteiger partial charge is 0.497 e. The van der Waals surface area contributed by atoms with Gasteiger partial charge in [-0.05, 0) is 30.0 Å². The van der Waals surface area contributed by atoms with Crippen molar-refractivity contribution in [2.24, 2.45) is 10.7 Å². The third-order valence-corrected chi connectivity index (χ3v) is 4.75. The van der Waals surface area contributed by atoms with Crippen LogP contribution in [0.3, 0.4) is 0 Å². The quantitative estimate of drug-likeness (QED) is 0.910. The first-order chi connectivity index (χ1) is 10.7. The van der Waals surface area contributed by atoms with Crippen LogP contribution in [0.4, 0.5) is 0 Å². The molecule has 0 spiro atoms. The molecule has 2 heterocycles. The van der Waals surface area contributed by atoms with E-state index in [2.05, 4.69) is 21.8 Å². The van der Waals surface area contributed by atoms with Crippen molar-refractivity contribution in [1.29, 1.82) is 0 Å². The summed E-state index contributed by atoms with van der Waals surface area (Å²) >= 11 is 1.72. The Labute approximate surface area is 133 Å². The fourth-order valence-electron chi connectivity index (χ4n) is 2.69. The third kappa shape index (κ3) is 2.87. The fraction of sp³-hybridized carbons (Fsp3) is 0.312. The Kier molecular flexibility index (Phi) is 4.20. The summed E-state index contributed by atoms with van der Waals surface area (Å²) < 4.78 is 10.7. The molecule has 116 valence electrons. The van der Waals surface area contributed by atoms with E-state index in [0.29, 0.717) is 5.96 Å². The van der Waals surface area contributed by atoms with Gasteiger partial charge in [-0.2, -0.15) is 0 Å². The average Bonchev–Trinajstić information content (AvgIpc) is 3.08. The second kappa shape index (κ2) is 6.27. The first-order valence-corrected chi connectivity index (χ1v) is 7.94. The van der Waals surface area contributed by atoms with Crippen molar-refractivity contribution in [2.75, 3.05) is 14.2 Å². The van der Waals surface area contributed by atoms with Crippen LogP contribution in [0.1, 0.15) is 28.9 Å². The maximum atomic E-state index is 5.98. The van der Waals surface area contributed by atoms with E-state index in [1.807, 2.05) is 24.3 Å². The number of methoxy groups -OCH3 is 2. The van der Waals surface area contributed by atoms with E-state index < -0.39 is 0 Å². The predicted molar refractivity (Wildman–Crippen MR) is 88.7 cm³/mol. The molecule has 0 saturated heterocycles. The average molecular weight is 317 g/mol. The summed E-state index contributed by atoms with van der Waals surface area (Å²) in [5.74, 6) is 2.00. The van der Waals surface area contributed by atoms with Gasteiger partial charge in [0.05, 0.1) is 26.3 Å². The van der Waals surface area contributed by atoms with Crippen LogP contribution in [0.5, 0.6) is 11.5 Å². The molecule has 0 radical (unpaired) electrons. The first-order valence-electron chi connectivity index (χ1n) is 7.06. The summed E-state index contributed by atoms with van der Waals surface area (Å²) in [5, 5.41) is 5.32. The molecular formula is C16H19N3O2S. The van der Waals surface area contributed by atoms with Gasteiger partial charge in [0.2, 0.25) is 0 Å². The number of hydrogen-bond acceptors (Lipinski definition) is 6. The van der Waals surface area contributed by atoms with Crippen LogP contribution in [0.15, 0.2) is 40.7 Å². The number of ether oxygens (including phenoxy) is 2. The van der Waals surface area contributed by atoms with Crippen LogP contribution in [0.25, 0.3) is 0 Å². The Balaban J connectivity index is 1.92. The molecule has 1 aromatic carbocycles. The summed E-state index contributed by atoms with van der Waals surface area (Å²) in [7, 11) is 3.30. The van der Waals surface area contributed by atoms with Gasteiger partial charge < -0.3 is 20.5 Å². The molecule has 0 saturated carbocycles. The maximum absolute atomic E-state index is 5.98. The van der Waals surface area contributed by atoms with Crippen LogP contribution in [-0.2, 0) is 0 Å². The molecule has 1 aliphatic heterocycles. The van der Waals surface area contributed by atoms with Gasteiger partial charge in [-0.3, -0.25) is 0 Å². The van der Waals surface area contributed by atoms with Gasteiger partial charge in [0.1, 0.15) is 11.5 Å². The van der Waals surface area contributed by atoms with Gasteiger partial charge in [0, 0.05) is 16.5 Å². The number of hydrogen-bond donors (Lipinski definition) is 2. The van der Waals surface area contributed by atoms with Crippen LogP contribution < -0.4 is 20.5 Å². The van der Waals surface area contributed by atoms with Crippen LogP contribution in [0.2, 0.25) is 0 Å². The molecule has 6 heteroatoms. The molecule has 1 aromatic heterocycles. The zero-order valence-electron chi connectivity index (χ0n) is 12.6. The van der Waals surface area contributed by atoms with E-state index >= 15 is 0 Å². The number of benzene rings is 1. The lowest BCUT2D eigenvalue weighted by molar-refractivity contribution is 0.384. The molecule has 0 amide bonds. The number of aliphatic imine (C=N–C) groups is 1. The molecule has 0 aliphatic carbocycles. The molecule has 3 rings (SSSR count). The van der Waals surface area contributed by atoms with Crippen LogP contribution >= 0.6 is 11.3 Å². The van der Waals surface area contributed by atoms with Crippen molar-refractivity contribution in [3.63, 3.8) is 0 Å². The van der Waals surface area contributed by atoms with Crippen molar-refractivity contribution in [1.82, 2.24) is 5.32 Å². The molecule has 0 fully saturated rings. The predicted octanol–water partition coefficient (Wildman–Crippen LogP) is 2.86. The monoisotopic (exact) mass is 317 g/mol. The van der Waals surface area contributed by atoms with E-state index in [9.17, 15) is 0 Å². The SMILES string of the molecule is COc1ccc(C2CC(c3cccs3)NC(N)=N2)c(OC)c1. The lowest BCUT2D eigenvalue weighted by atomic mass is 9.96. The summed E-state index contributed by atoms with van der Waals surface area (Å²) in [6.07, 6.45) is 0.837. The number of nitrogens with one attached hydrogen (secondary N) is 1. The summed E-state index contributed by atoms with van der Waals surface area (Å²) in [6.45, 7) is 0. The van der Waals surface area contributed by atoms with Gasteiger partial charge in [-0.15, -0.1) is 11.3 Å². The molecule has 0 bridgehead atoms. The zero-order valence-corrected chi connectivity index (χ0v) is 13.4. The molecule has 22 heavy (non-hydrogen) atoms. The summed E-state index contributed by atoms with van der Waals surface area (Å²) in [4.78, 5) is 5.80. The second-order valence-corrected chi connectivity index (χ2v) is 6.07. The summed E-state index contributed by atoms with van der Waals surface area (Å²) in [5.41, 5.74) is 7.01. The Morgan fingerprint density at radius 3 is 2.82 bits per heavy atom. The lowest BCUT2D eigenvalue weighted by Gasteiger charge is -2.28. The number of nitrogens with two attached hydrogens (primary N) is 1. The Hall–Kier alpha value is -2.21. The minimum Gasteiger partial charge on any atom is -0.497 e. The highest BCUT2D eigenvalue weighted by molar-refractivity contribution is 7.10. The highest BCUT2D eigenvalue weighted by Crippen LogP contribution is 2.38.